The summed E-state index contributed by atoms with van der Waals surface area (Å²) in [5, 5.41) is 7.66. The molecule has 0 bridgehead atoms. The predicted molar refractivity (Wildman–Crippen MR) is 35.1 cm³/mol. The molecule has 0 aromatic rings. The average Bonchev–Trinajstić information content (AvgIpc) is 1.87. The van der Waals surface area contributed by atoms with Crippen molar-refractivity contribution in [1.29, 1.82) is 5.26 Å². The second-order valence-corrected chi connectivity index (χ2v) is 2.47. The summed E-state index contributed by atoms with van der Waals surface area (Å²) in [6.45, 7) is 1.74. The largest absolute Gasteiger partial charge is 0.303 e. The van der Waals surface area contributed by atoms with Gasteiger partial charge in [-0.05, 0) is 6.42 Å². The molecule has 0 aliphatic rings. The number of nitriles is 1. The van der Waals surface area contributed by atoms with E-state index in [2.05, 4.69) is 0 Å². The zero-order valence-corrected chi connectivity index (χ0v) is 5.93. The molecule has 0 N–H and O–H groups in total. The van der Waals surface area contributed by atoms with E-state index in [0.29, 0.717) is 6.42 Å². The SMILES string of the molecule is CC(C=O)CC(Cl)C#N. The van der Waals surface area contributed by atoms with Crippen LogP contribution in [-0.4, -0.2) is 11.7 Å². The lowest BCUT2D eigenvalue weighted by Crippen LogP contribution is -2.03. The number of aldehydes is 1. The van der Waals surface area contributed by atoms with Gasteiger partial charge in [0.25, 0.3) is 0 Å². The standard InChI is InChI=1S/C6H8ClNO/c1-5(4-9)2-6(7)3-8/h4-6H,2H2,1H3. The first-order valence-electron chi connectivity index (χ1n) is 2.69. The van der Waals surface area contributed by atoms with E-state index in [1.165, 1.54) is 0 Å². The number of alkyl halides is 1. The molecule has 9 heavy (non-hydrogen) atoms. The maximum absolute atomic E-state index is 9.99. The molecule has 0 fully saturated rings. The van der Waals surface area contributed by atoms with Crippen LogP contribution in [0.4, 0.5) is 0 Å². The Labute approximate surface area is 59.4 Å². The summed E-state index contributed by atoms with van der Waals surface area (Å²) in [7, 11) is 0. The van der Waals surface area contributed by atoms with Crippen molar-refractivity contribution in [3.05, 3.63) is 0 Å². The van der Waals surface area contributed by atoms with E-state index in [0.717, 1.165) is 6.29 Å². The van der Waals surface area contributed by atoms with E-state index >= 15 is 0 Å². The van der Waals surface area contributed by atoms with Gasteiger partial charge in [0.05, 0.1) is 6.07 Å². The van der Waals surface area contributed by atoms with E-state index in [1.54, 1.807) is 6.92 Å². The van der Waals surface area contributed by atoms with Crippen molar-refractivity contribution < 1.29 is 4.79 Å². The summed E-state index contributed by atoms with van der Waals surface area (Å²) in [5.74, 6) is -0.104. The fourth-order valence-corrected chi connectivity index (χ4v) is 0.716. The van der Waals surface area contributed by atoms with Crippen molar-refractivity contribution in [2.45, 2.75) is 18.7 Å². The molecule has 3 heteroatoms. The molecule has 2 atom stereocenters. The number of carbonyl (C=O) groups excluding carboxylic acids is 1. The summed E-state index contributed by atoms with van der Waals surface area (Å²) in [5.41, 5.74) is 0. The molecule has 0 heterocycles. The van der Waals surface area contributed by atoms with Crippen molar-refractivity contribution in [3.8, 4) is 6.07 Å². The minimum atomic E-state index is -0.523. The van der Waals surface area contributed by atoms with Crippen LogP contribution in [0, 0.1) is 17.2 Å². The van der Waals surface area contributed by atoms with E-state index in [4.69, 9.17) is 16.9 Å². The number of hydrogen-bond acceptors (Lipinski definition) is 2. The minimum absolute atomic E-state index is 0.104. The number of hydrogen-bond donors (Lipinski definition) is 0. The Bertz CT molecular complexity index is 130. The Morgan fingerprint density at radius 2 is 2.44 bits per heavy atom. The molecular formula is C6H8ClNO. The van der Waals surface area contributed by atoms with Gasteiger partial charge in [0.1, 0.15) is 11.7 Å². The molecule has 0 spiro atoms. The van der Waals surface area contributed by atoms with Crippen LogP contribution < -0.4 is 0 Å². The zero-order chi connectivity index (χ0) is 7.28. The molecule has 0 radical (unpaired) electrons. The van der Waals surface area contributed by atoms with E-state index in [-0.39, 0.29) is 5.92 Å². The third-order valence-corrected chi connectivity index (χ3v) is 1.23. The van der Waals surface area contributed by atoms with Gasteiger partial charge in [-0.3, -0.25) is 0 Å². The van der Waals surface area contributed by atoms with Gasteiger partial charge < -0.3 is 4.79 Å². The Hall–Kier alpha value is -0.550. The zero-order valence-electron chi connectivity index (χ0n) is 5.17. The van der Waals surface area contributed by atoms with E-state index in [9.17, 15) is 4.79 Å². The lowest BCUT2D eigenvalue weighted by atomic mass is 10.1. The van der Waals surface area contributed by atoms with E-state index in [1.807, 2.05) is 6.07 Å². The number of nitrogens with zero attached hydrogens (tertiary/aromatic N) is 1. The Morgan fingerprint density at radius 1 is 1.89 bits per heavy atom. The Morgan fingerprint density at radius 3 is 2.78 bits per heavy atom. The maximum atomic E-state index is 9.99. The van der Waals surface area contributed by atoms with Crippen LogP contribution >= 0.6 is 11.6 Å². The fourth-order valence-electron chi connectivity index (χ4n) is 0.435. The predicted octanol–water partition coefficient (Wildman–Crippen LogP) is 1.34. The quantitative estimate of drug-likeness (QED) is 0.444. The monoisotopic (exact) mass is 145 g/mol. The molecule has 0 aliphatic carbocycles. The highest BCUT2D eigenvalue weighted by Gasteiger charge is 2.07. The highest BCUT2D eigenvalue weighted by Crippen LogP contribution is 2.07. The molecule has 0 aromatic carbocycles. The van der Waals surface area contributed by atoms with Crippen molar-refractivity contribution in [2.75, 3.05) is 0 Å². The second-order valence-electron chi connectivity index (χ2n) is 1.95. The first-order valence-corrected chi connectivity index (χ1v) is 3.13. The van der Waals surface area contributed by atoms with Crippen LogP contribution in [-0.2, 0) is 4.79 Å². The lowest BCUT2D eigenvalue weighted by Gasteiger charge is -2.00. The van der Waals surface area contributed by atoms with Gasteiger partial charge >= 0.3 is 0 Å². The van der Waals surface area contributed by atoms with Crippen LogP contribution in [0.25, 0.3) is 0 Å². The highest BCUT2D eigenvalue weighted by atomic mass is 35.5. The van der Waals surface area contributed by atoms with Gasteiger partial charge in [0.2, 0.25) is 0 Å². The summed E-state index contributed by atoms with van der Waals surface area (Å²) < 4.78 is 0. The van der Waals surface area contributed by atoms with Gasteiger partial charge in [-0.2, -0.15) is 5.26 Å². The maximum Gasteiger partial charge on any atom is 0.122 e. The van der Waals surface area contributed by atoms with Gasteiger partial charge in [-0.15, -0.1) is 11.6 Å². The first-order chi connectivity index (χ1) is 4.20. The van der Waals surface area contributed by atoms with Crippen LogP contribution in [0.1, 0.15) is 13.3 Å². The Balaban J connectivity index is 3.49. The van der Waals surface area contributed by atoms with Gasteiger partial charge in [-0.1, -0.05) is 6.92 Å². The minimum Gasteiger partial charge on any atom is -0.303 e. The van der Waals surface area contributed by atoms with Crippen LogP contribution in [0.15, 0.2) is 0 Å². The molecule has 0 aliphatic heterocycles. The summed E-state index contributed by atoms with van der Waals surface area (Å²) in [4.78, 5) is 9.99. The van der Waals surface area contributed by atoms with Crippen LogP contribution in [0.2, 0.25) is 0 Å². The molecule has 0 rings (SSSR count). The summed E-state index contributed by atoms with van der Waals surface area (Å²) in [6, 6.07) is 1.84. The normalized spacial score (nSPS) is 15.7. The molecule has 0 saturated heterocycles. The number of carbonyl (C=O) groups is 1. The van der Waals surface area contributed by atoms with Crippen molar-refractivity contribution >= 4 is 17.9 Å². The van der Waals surface area contributed by atoms with Crippen molar-refractivity contribution in [2.24, 2.45) is 5.92 Å². The average molecular weight is 146 g/mol. The van der Waals surface area contributed by atoms with Gasteiger partial charge in [0, 0.05) is 5.92 Å². The fraction of sp³-hybridized carbons (Fsp3) is 0.667. The topological polar surface area (TPSA) is 40.9 Å². The lowest BCUT2D eigenvalue weighted by molar-refractivity contribution is -0.110. The Kier molecular flexibility index (Phi) is 4.08. The number of halogens is 1. The molecular weight excluding hydrogens is 138 g/mol. The second kappa shape index (κ2) is 4.34. The van der Waals surface area contributed by atoms with Crippen molar-refractivity contribution in [3.63, 3.8) is 0 Å². The summed E-state index contributed by atoms with van der Waals surface area (Å²) >= 11 is 5.42. The van der Waals surface area contributed by atoms with E-state index < -0.39 is 5.38 Å². The summed E-state index contributed by atoms with van der Waals surface area (Å²) in [6.07, 6.45) is 1.24. The van der Waals surface area contributed by atoms with Gasteiger partial charge in [0.15, 0.2) is 0 Å². The molecule has 2 unspecified atom stereocenters. The molecule has 0 aromatic heterocycles. The third kappa shape index (κ3) is 3.99. The van der Waals surface area contributed by atoms with Crippen LogP contribution in [0.5, 0.6) is 0 Å². The van der Waals surface area contributed by atoms with Crippen molar-refractivity contribution in [1.82, 2.24) is 0 Å². The molecule has 50 valence electrons. The first kappa shape index (κ1) is 8.45. The number of rotatable bonds is 3. The molecule has 0 amide bonds. The van der Waals surface area contributed by atoms with Gasteiger partial charge in [-0.25, -0.2) is 0 Å². The molecule has 2 nitrogen and oxygen atoms in total. The highest BCUT2D eigenvalue weighted by molar-refractivity contribution is 6.22. The smallest absolute Gasteiger partial charge is 0.122 e. The van der Waals surface area contributed by atoms with Crippen LogP contribution in [0.3, 0.4) is 0 Å². The molecule has 0 saturated carbocycles. The third-order valence-electron chi connectivity index (χ3n) is 0.951.